The van der Waals surface area contributed by atoms with E-state index >= 15 is 0 Å². The Balaban J connectivity index is 2.72. The summed E-state index contributed by atoms with van der Waals surface area (Å²) in [5.74, 6) is 0.0545. The minimum Gasteiger partial charge on any atom is -0.223 e. The lowest BCUT2D eigenvalue weighted by molar-refractivity contribution is 0.588. The molecule has 1 heterocycles. The fraction of sp³-hybridized carbons (Fsp3) is 0.273. The molecule has 1 aromatic heterocycles. The van der Waals surface area contributed by atoms with E-state index in [0.717, 1.165) is 0 Å². The lowest BCUT2D eigenvalue weighted by Gasteiger charge is -2.10. The standard InChI is InChI=1S/C11H11ClN2O2S/c1-8(6-12)17(15,16)11-7-13-14-10-5-3-2-4-9(10)11/h2-5,7-8H,6H2,1H3. The number of alkyl halides is 1. The van der Waals surface area contributed by atoms with Crippen molar-refractivity contribution >= 4 is 32.3 Å². The molecule has 0 aliphatic heterocycles. The Morgan fingerprint density at radius 3 is 2.76 bits per heavy atom. The van der Waals surface area contributed by atoms with Crippen LogP contribution >= 0.6 is 11.6 Å². The van der Waals surface area contributed by atoms with Gasteiger partial charge >= 0.3 is 0 Å². The number of rotatable bonds is 3. The Labute approximate surface area is 105 Å². The highest BCUT2D eigenvalue weighted by atomic mass is 35.5. The van der Waals surface area contributed by atoms with E-state index in [1.165, 1.54) is 6.20 Å². The van der Waals surface area contributed by atoms with Crippen LogP contribution in [0.1, 0.15) is 6.92 Å². The third-order valence-electron chi connectivity index (χ3n) is 2.56. The molecule has 6 heteroatoms. The van der Waals surface area contributed by atoms with Crippen molar-refractivity contribution in [3.63, 3.8) is 0 Å². The summed E-state index contributed by atoms with van der Waals surface area (Å²) in [5.41, 5.74) is 0.565. The van der Waals surface area contributed by atoms with Crippen LogP contribution in [0.2, 0.25) is 0 Å². The first-order valence-electron chi connectivity index (χ1n) is 5.07. The molecule has 2 rings (SSSR count). The number of fused-ring (bicyclic) bond motifs is 1. The summed E-state index contributed by atoms with van der Waals surface area (Å²) in [6, 6.07) is 7.01. The highest BCUT2D eigenvalue weighted by Gasteiger charge is 2.25. The van der Waals surface area contributed by atoms with Gasteiger partial charge in [-0.15, -0.1) is 11.6 Å². The molecule has 0 aliphatic rings. The molecule has 0 radical (unpaired) electrons. The summed E-state index contributed by atoms with van der Waals surface area (Å²) < 4.78 is 24.4. The SMILES string of the molecule is CC(CCl)S(=O)(=O)c1cnnc2ccccc12. The second kappa shape index (κ2) is 4.58. The minimum atomic E-state index is -3.45. The number of sulfone groups is 1. The van der Waals surface area contributed by atoms with E-state index < -0.39 is 15.1 Å². The highest BCUT2D eigenvalue weighted by Crippen LogP contribution is 2.23. The Kier molecular flexibility index (Phi) is 3.31. The number of hydrogen-bond acceptors (Lipinski definition) is 4. The average Bonchev–Trinajstić information content (AvgIpc) is 2.37. The van der Waals surface area contributed by atoms with Gasteiger partial charge in [-0.2, -0.15) is 10.2 Å². The molecule has 2 aromatic rings. The summed E-state index contributed by atoms with van der Waals surface area (Å²) in [4.78, 5) is 0.191. The largest absolute Gasteiger partial charge is 0.223 e. The number of hydrogen-bond donors (Lipinski definition) is 0. The van der Waals surface area contributed by atoms with E-state index in [1.807, 2.05) is 0 Å². The molecule has 0 saturated carbocycles. The molecule has 0 saturated heterocycles. The second-order valence-corrected chi connectivity index (χ2v) is 6.38. The summed E-state index contributed by atoms with van der Waals surface area (Å²) in [7, 11) is -3.45. The fourth-order valence-corrected chi connectivity index (χ4v) is 3.28. The lowest BCUT2D eigenvalue weighted by atomic mass is 10.2. The van der Waals surface area contributed by atoms with E-state index in [1.54, 1.807) is 31.2 Å². The van der Waals surface area contributed by atoms with Crippen LogP contribution in [-0.2, 0) is 9.84 Å². The Bertz CT molecular complexity index is 637. The monoisotopic (exact) mass is 270 g/mol. The van der Waals surface area contributed by atoms with Crippen LogP contribution in [0.5, 0.6) is 0 Å². The molecule has 0 bridgehead atoms. The summed E-state index contributed by atoms with van der Waals surface area (Å²) >= 11 is 5.62. The van der Waals surface area contributed by atoms with E-state index in [2.05, 4.69) is 10.2 Å². The van der Waals surface area contributed by atoms with E-state index in [0.29, 0.717) is 10.9 Å². The van der Waals surface area contributed by atoms with Gasteiger partial charge in [-0.1, -0.05) is 18.2 Å². The van der Waals surface area contributed by atoms with Crippen molar-refractivity contribution in [2.45, 2.75) is 17.1 Å². The van der Waals surface area contributed by atoms with Crippen LogP contribution in [0.4, 0.5) is 0 Å². The number of aromatic nitrogens is 2. The summed E-state index contributed by atoms with van der Waals surface area (Å²) in [6.45, 7) is 1.58. The zero-order chi connectivity index (χ0) is 12.5. The van der Waals surface area contributed by atoms with Crippen LogP contribution in [-0.4, -0.2) is 29.7 Å². The zero-order valence-corrected chi connectivity index (χ0v) is 10.7. The van der Waals surface area contributed by atoms with Gasteiger partial charge in [-0.3, -0.25) is 0 Å². The smallest absolute Gasteiger partial charge is 0.184 e. The normalized spacial score (nSPS) is 13.8. The van der Waals surface area contributed by atoms with Gasteiger partial charge in [0.05, 0.1) is 21.9 Å². The molecule has 0 aliphatic carbocycles. The maximum absolute atomic E-state index is 12.2. The van der Waals surface area contributed by atoms with Crippen LogP contribution in [0.25, 0.3) is 10.9 Å². The molecule has 17 heavy (non-hydrogen) atoms. The first-order valence-corrected chi connectivity index (χ1v) is 7.15. The maximum Gasteiger partial charge on any atom is 0.184 e. The third kappa shape index (κ3) is 2.12. The Morgan fingerprint density at radius 1 is 1.35 bits per heavy atom. The second-order valence-electron chi connectivity index (χ2n) is 3.74. The predicted octanol–water partition coefficient (Wildman–Crippen LogP) is 2.03. The molecular formula is C11H11ClN2O2S. The zero-order valence-electron chi connectivity index (χ0n) is 9.17. The van der Waals surface area contributed by atoms with E-state index in [4.69, 9.17) is 11.6 Å². The van der Waals surface area contributed by atoms with Crippen LogP contribution in [0.3, 0.4) is 0 Å². The lowest BCUT2D eigenvalue weighted by Crippen LogP contribution is -2.20. The van der Waals surface area contributed by atoms with Crippen molar-refractivity contribution in [1.29, 1.82) is 0 Å². The van der Waals surface area contributed by atoms with Crippen molar-refractivity contribution in [3.05, 3.63) is 30.5 Å². The van der Waals surface area contributed by atoms with Crippen LogP contribution in [0, 0.1) is 0 Å². The van der Waals surface area contributed by atoms with Gasteiger partial charge in [0.15, 0.2) is 9.84 Å². The van der Waals surface area contributed by atoms with Crippen molar-refractivity contribution < 1.29 is 8.42 Å². The Morgan fingerprint density at radius 2 is 2.06 bits per heavy atom. The molecule has 0 N–H and O–H groups in total. The quantitative estimate of drug-likeness (QED) is 0.801. The van der Waals surface area contributed by atoms with Gasteiger partial charge in [0.1, 0.15) is 0 Å². The number of halogens is 1. The van der Waals surface area contributed by atoms with Gasteiger partial charge in [-0.05, 0) is 13.0 Å². The average molecular weight is 271 g/mol. The Hall–Kier alpha value is -1.20. The number of benzene rings is 1. The van der Waals surface area contributed by atoms with Gasteiger partial charge in [0.2, 0.25) is 0 Å². The first-order chi connectivity index (χ1) is 8.07. The molecule has 4 nitrogen and oxygen atoms in total. The van der Waals surface area contributed by atoms with Gasteiger partial charge < -0.3 is 0 Å². The minimum absolute atomic E-state index is 0.0545. The highest BCUT2D eigenvalue weighted by molar-refractivity contribution is 7.92. The molecule has 0 spiro atoms. The van der Waals surface area contributed by atoms with E-state index in [9.17, 15) is 8.42 Å². The molecule has 0 amide bonds. The van der Waals surface area contributed by atoms with Crippen molar-refractivity contribution in [2.75, 3.05) is 5.88 Å². The summed E-state index contributed by atoms with van der Waals surface area (Å²) in [6.07, 6.45) is 1.28. The van der Waals surface area contributed by atoms with Crippen LogP contribution in [0.15, 0.2) is 35.4 Å². The van der Waals surface area contributed by atoms with Gasteiger partial charge in [-0.25, -0.2) is 8.42 Å². The fourth-order valence-electron chi connectivity index (χ4n) is 1.51. The summed E-state index contributed by atoms with van der Waals surface area (Å²) in [5, 5.41) is 7.56. The molecule has 1 aromatic carbocycles. The molecule has 1 unspecified atom stereocenters. The van der Waals surface area contributed by atoms with Crippen molar-refractivity contribution in [1.82, 2.24) is 10.2 Å². The number of nitrogens with zero attached hydrogens (tertiary/aromatic N) is 2. The maximum atomic E-state index is 12.2. The molecular weight excluding hydrogens is 260 g/mol. The third-order valence-corrected chi connectivity index (χ3v) is 5.37. The predicted molar refractivity (Wildman–Crippen MR) is 66.9 cm³/mol. The van der Waals surface area contributed by atoms with Crippen LogP contribution < -0.4 is 0 Å². The molecule has 0 fully saturated rings. The first kappa shape index (κ1) is 12.3. The molecule has 90 valence electrons. The van der Waals surface area contributed by atoms with Crippen molar-refractivity contribution in [2.24, 2.45) is 0 Å². The van der Waals surface area contributed by atoms with Gasteiger partial charge in [0.25, 0.3) is 0 Å². The van der Waals surface area contributed by atoms with E-state index in [-0.39, 0.29) is 10.8 Å². The van der Waals surface area contributed by atoms with Crippen molar-refractivity contribution in [3.8, 4) is 0 Å². The van der Waals surface area contributed by atoms with Gasteiger partial charge in [0, 0.05) is 11.3 Å². The molecule has 1 atom stereocenters. The topological polar surface area (TPSA) is 59.9 Å².